The average Bonchev–Trinajstić information content (AvgIpc) is 2.30. The number of nitrogen functional groups attached to an aromatic ring is 1. The second-order valence-corrected chi connectivity index (χ2v) is 3.61. The SMILES string of the molecule is CCOCC(C)OC(=O)c1ccc(F)c(N)c1. The van der Waals surface area contributed by atoms with E-state index in [0.717, 1.165) is 6.07 Å². The lowest BCUT2D eigenvalue weighted by Crippen LogP contribution is -2.20. The lowest BCUT2D eigenvalue weighted by Gasteiger charge is -2.13. The van der Waals surface area contributed by atoms with Crippen molar-refractivity contribution >= 4 is 11.7 Å². The largest absolute Gasteiger partial charge is 0.457 e. The normalized spacial score (nSPS) is 12.2. The number of carbonyl (C=O) groups is 1. The van der Waals surface area contributed by atoms with Gasteiger partial charge >= 0.3 is 5.97 Å². The van der Waals surface area contributed by atoms with Crippen LogP contribution in [0.5, 0.6) is 0 Å². The van der Waals surface area contributed by atoms with Crippen LogP contribution in [0.15, 0.2) is 18.2 Å². The van der Waals surface area contributed by atoms with E-state index in [1.54, 1.807) is 6.92 Å². The number of ether oxygens (including phenoxy) is 2. The van der Waals surface area contributed by atoms with E-state index in [-0.39, 0.29) is 17.4 Å². The van der Waals surface area contributed by atoms with E-state index in [1.165, 1.54) is 12.1 Å². The molecule has 0 bridgehead atoms. The number of esters is 1. The minimum absolute atomic E-state index is 0.0723. The van der Waals surface area contributed by atoms with Crippen molar-refractivity contribution in [3.63, 3.8) is 0 Å². The molecule has 1 aromatic rings. The number of carbonyl (C=O) groups excluding carboxylic acids is 1. The van der Waals surface area contributed by atoms with E-state index in [1.807, 2.05) is 6.92 Å². The fraction of sp³-hybridized carbons (Fsp3) is 0.417. The van der Waals surface area contributed by atoms with Crippen molar-refractivity contribution < 1.29 is 18.7 Å². The van der Waals surface area contributed by atoms with Crippen LogP contribution in [-0.2, 0) is 9.47 Å². The molecule has 0 aliphatic rings. The van der Waals surface area contributed by atoms with E-state index in [2.05, 4.69) is 0 Å². The highest BCUT2D eigenvalue weighted by atomic mass is 19.1. The first-order valence-corrected chi connectivity index (χ1v) is 5.38. The molecule has 0 aliphatic carbocycles. The van der Waals surface area contributed by atoms with Gasteiger partial charge in [0, 0.05) is 6.61 Å². The van der Waals surface area contributed by atoms with Gasteiger partial charge in [0.25, 0.3) is 0 Å². The first kappa shape index (κ1) is 13.4. The number of rotatable bonds is 5. The van der Waals surface area contributed by atoms with Crippen LogP contribution in [-0.4, -0.2) is 25.3 Å². The first-order valence-electron chi connectivity index (χ1n) is 5.38. The van der Waals surface area contributed by atoms with Crippen molar-refractivity contribution in [2.75, 3.05) is 18.9 Å². The van der Waals surface area contributed by atoms with E-state index < -0.39 is 11.8 Å². The Bertz CT molecular complexity index is 395. The molecule has 1 unspecified atom stereocenters. The molecule has 0 fully saturated rings. The monoisotopic (exact) mass is 241 g/mol. The summed E-state index contributed by atoms with van der Waals surface area (Å²) in [6.07, 6.45) is -0.353. The van der Waals surface area contributed by atoms with Gasteiger partial charge < -0.3 is 15.2 Å². The molecule has 0 amide bonds. The molecular formula is C12H16FNO3. The molecule has 5 heteroatoms. The van der Waals surface area contributed by atoms with E-state index in [0.29, 0.717) is 13.2 Å². The van der Waals surface area contributed by atoms with E-state index >= 15 is 0 Å². The Morgan fingerprint density at radius 3 is 2.82 bits per heavy atom. The van der Waals surface area contributed by atoms with Crippen LogP contribution in [0.3, 0.4) is 0 Å². The van der Waals surface area contributed by atoms with Crippen molar-refractivity contribution in [1.29, 1.82) is 0 Å². The number of anilines is 1. The van der Waals surface area contributed by atoms with Crippen LogP contribution >= 0.6 is 0 Å². The number of hydrogen-bond donors (Lipinski definition) is 1. The van der Waals surface area contributed by atoms with Crippen LogP contribution in [0.25, 0.3) is 0 Å². The molecule has 17 heavy (non-hydrogen) atoms. The molecule has 0 spiro atoms. The van der Waals surface area contributed by atoms with Gasteiger partial charge in [0.05, 0.1) is 17.9 Å². The number of nitrogens with two attached hydrogens (primary N) is 1. The molecule has 1 rings (SSSR count). The highest BCUT2D eigenvalue weighted by Crippen LogP contribution is 2.13. The summed E-state index contributed by atoms with van der Waals surface area (Å²) in [5, 5.41) is 0. The Morgan fingerprint density at radius 1 is 1.53 bits per heavy atom. The summed E-state index contributed by atoms with van der Waals surface area (Å²) in [7, 11) is 0. The zero-order valence-electron chi connectivity index (χ0n) is 9.90. The van der Waals surface area contributed by atoms with Crippen molar-refractivity contribution in [2.24, 2.45) is 0 Å². The zero-order valence-corrected chi connectivity index (χ0v) is 9.90. The lowest BCUT2D eigenvalue weighted by molar-refractivity contribution is 0.00440. The minimum atomic E-state index is -0.552. The van der Waals surface area contributed by atoms with Gasteiger partial charge in [-0.05, 0) is 32.0 Å². The number of benzene rings is 1. The second kappa shape index (κ2) is 6.20. The van der Waals surface area contributed by atoms with Crippen molar-refractivity contribution in [2.45, 2.75) is 20.0 Å². The first-order chi connectivity index (χ1) is 8.04. The zero-order chi connectivity index (χ0) is 12.8. The Morgan fingerprint density at radius 2 is 2.24 bits per heavy atom. The Labute approximate surface area is 99.5 Å². The lowest BCUT2D eigenvalue weighted by atomic mass is 10.2. The van der Waals surface area contributed by atoms with Gasteiger partial charge in [-0.1, -0.05) is 0 Å². The fourth-order valence-electron chi connectivity index (χ4n) is 1.24. The molecule has 1 atom stereocenters. The van der Waals surface area contributed by atoms with Crippen LogP contribution in [0.4, 0.5) is 10.1 Å². The maximum absolute atomic E-state index is 12.9. The molecule has 0 aromatic heterocycles. The summed E-state index contributed by atoms with van der Waals surface area (Å²) in [6, 6.07) is 3.73. The Kier molecular flexibility index (Phi) is 4.90. The molecule has 2 N–H and O–H groups in total. The number of halogens is 1. The van der Waals surface area contributed by atoms with Gasteiger partial charge in [0.2, 0.25) is 0 Å². The summed E-state index contributed by atoms with van der Waals surface area (Å²) in [5.74, 6) is -1.09. The summed E-state index contributed by atoms with van der Waals surface area (Å²) < 4.78 is 23.1. The van der Waals surface area contributed by atoms with Gasteiger partial charge in [-0.3, -0.25) is 0 Å². The van der Waals surface area contributed by atoms with Gasteiger partial charge in [-0.25, -0.2) is 9.18 Å². The second-order valence-electron chi connectivity index (χ2n) is 3.61. The highest BCUT2D eigenvalue weighted by Gasteiger charge is 2.13. The van der Waals surface area contributed by atoms with Gasteiger partial charge in [-0.2, -0.15) is 0 Å². The summed E-state index contributed by atoms with van der Waals surface area (Å²) in [4.78, 5) is 11.6. The molecule has 94 valence electrons. The third-order valence-corrected chi connectivity index (χ3v) is 2.10. The average molecular weight is 241 g/mol. The quantitative estimate of drug-likeness (QED) is 0.632. The Balaban J connectivity index is 2.60. The van der Waals surface area contributed by atoms with Crippen LogP contribution < -0.4 is 5.73 Å². The fourth-order valence-corrected chi connectivity index (χ4v) is 1.24. The molecule has 0 saturated heterocycles. The van der Waals surface area contributed by atoms with Crippen molar-refractivity contribution in [3.8, 4) is 0 Å². The molecular weight excluding hydrogens is 225 g/mol. The predicted octanol–water partition coefficient (Wildman–Crippen LogP) is 1.99. The van der Waals surface area contributed by atoms with E-state index in [9.17, 15) is 9.18 Å². The smallest absolute Gasteiger partial charge is 0.338 e. The van der Waals surface area contributed by atoms with Crippen LogP contribution in [0, 0.1) is 5.82 Å². The third-order valence-electron chi connectivity index (χ3n) is 2.10. The van der Waals surface area contributed by atoms with E-state index in [4.69, 9.17) is 15.2 Å². The Hall–Kier alpha value is -1.62. The topological polar surface area (TPSA) is 61.5 Å². The summed E-state index contributed by atoms with van der Waals surface area (Å²) >= 11 is 0. The summed E-state index contributed by atoms with van der Waals surface area (Å²) in [6.45, 7) is 4.47. The van der Waals surface area contributed by atoms with Gasteiger partial charge in [0.15, 0.2) is 0 Å². The molecule has 1 aromatic carbocycles. The molecule has 0 heterocycles. The predicted molar refractivity (Wildman–Crippen MR) is 62.2 cm³/mol. The van der Waals surface area contributed by atoms with Crippen LogP contribution in [0.1, 0.15) is 24.2 Å². The van der Waals surface area contributed by atoms with Crippen molar-refractivity contribution in [3.05, 3.63) is 29.6 Å². The molecule has 4 nitrogen and oxygen atoms in total. The van der Waals surface area contributed by atoms with Crippen molar-refractivity contribution in [1.82, 2.24) is 0 Å². The summed E-state index contributed by atoms with van der Waals surface area (Å²) in [5.41, 5.74) is 5.52. The standard InChI is InChI=1S/C12H16FNO3/c1-3-16-7-8(2)17-12(15)9-4-5-10(13)11(14)6-9/h4-6,8H,3,7,14H2,1-2H3. The molecule has 0 saturated carbocycles. The van der Waals surface area contributed by atoms with Crippen LogP contribution in [0.2, 0.25) is 0 Å². The highest BCUT2D eigenvalue weighted by molar-refractivity contribution is 5.90. The van der Waals surface area contributed by atoms with Gasteiger partial charge in [-0.15, -0.1) is 0 Å². The number of hydrogen-bond acceptors (Lipinski definition) is 4. The van der Waals surface area contributed by atoms with Gasteiger partial charge in [0.1, 0.15) is 11.9 Å². The minimum Gasteiger partial charge on any atom is -0.457 e. The third kappa shape index (κ3) is 4.03. The molecule has 0 aliphatic heterocycles. The maximum atomic E-state index is 12.9. The molecule has 0 radical (unpaired) electrons. The maximum Gasteiger partial charge on any atom is 0.338 e.